The summed E-state index contributed by atoms with van der Waals surface area (Å²) >= 11 is 1.23. The first kappa shape index (κ1) is 14.3. The Kier molecular flexibility index (Phi) is 4.07. The Bertz CT molecular complexity index is 666. The summed E-state index contributed by atoms with van der Waals surface area (Å²) in [5, 5.41) is 6.58. The van der Waals surface area contributed by atoms with Gasteiger partial charge in [0, 0.05) is 17.3 Å². The fraction of sp³-hybridized carbons (Fsp3) is 0.400. The first-order valence-electron chi connectivity index (χ1n) is 7.15. The van der Waals surface area contributed by atoms with Crippen molar-refractivity contribution < 1.29 is 9.18 Å². The van der Waals surface area contributed by atoms with Gasteiger partial charge >= 0.3 is 0 Å². The zero-order valence-corrected chi connectivity index (χ0v) is 12.4. The highest BCUT2D eigenvalue weighted by Crippen LogP contribution is 2.35. The molecule has 2 aromatic rings. The molecule has 0 radical (unpaired) electrons. The molecule has 1 aliphatic rings. The van der Waals surface area contributed by atoms with Gasteiger partial charge < -0.3 is 16.4 Å². The predicted octanol–water partition coefficient (Wildman–Crippen LogP) is 2.49. The maximum Gasteiger partial charge on any atom is 0.263 e. The van der Waals surface area contributed by atoms with Gasteiger partial charge in [-0.2, -0.15) is 0 Å². The van der Waals surface area contributed by atoms with Crippen LogP contribution in [0.2, 0.25) is 0 Å². The van der Waals surface area contributed by atoms with Gasteiger partial charge in [-0.05, 0) is 37.9 Å². The fourth-order valence-electron chi connectivity index (χ4n) is 2.26. The van der Waals surface area contributed by atoms with E-state index in [1.807, 2.05) is 0 Å². The van der Waals surface area contributed by atoms with E-state index in [1.165, 1.54) is 30.2 Å². The molecule has 0 saturated heterocycles. The topological polar surface area (TPSA) is 67.2 Å². The van der Waals surface area contributed by atoms with Gasteiger partial charge in [-0.25, -0.2) is 4.39 Å². The Hall–Kier alpha value is -1.66. The van der Waals surface area contributed by atoms with Crippen molar-refractivity contribution >= 4 is 33.0 Å². The highest BCUT2D eigenvalue weighted by atomic mass is 32.1. The number of anilines is 1. The lowest BCUT2D eigenvalue weighted by Crippen LogP contribution is -2.27. The molecule has 112 valence electrons. The van der Waals surface area contributed by atoms with Crippen molar-refractivity contribution in [3.8, 4) is 0 Å². The lowest BCUT2D eigenvalue weighted by Gasteiger charge is -2.05. The van der Waals surface area contributed by atoms with Crippen LogP contribution in [0.4, 0.5) is 10.1 Å². The lowest BCUT2D eigenvalue weighted by molar-refractivity contribution is 0.0958. The number of thiophene rings is 1. The number of nitrogens with two attached hydrogens (primary N) is 1. The maximum absolute atomic E-state index is 13.7. The Morgan fingerprint density at radius 1 is 1.38 bits per heavy atom. The van der Waals surface area contributed by atoms with Gasteiger partial charge in [0.2, 0.25) is 0 Å². The van der Waals surface area contributed by atoms with Gasteiger partial charge in [0.1, 0.15) is 10.7 Å². The van der Waals surface area contributed by atoms with E-state index in [0.717, 1.165) is 13.0 Å². The smallest absolute Gasteiger partial charge is 0.263 e. The van der Waals surface area contributed by atoms with E-state index >= 15 is 0 Å². The molecule has 6 heteroatoms. The second kappa shape index (κ2) is 5.99. The monoisotopic (exact) mass is 307 g/mol. The second-order valence-corrected chi connectivity index (χ2v) is 6.35. The van der Waals surface area contributed by atoms with Crippen LogP contribution < -0.4 is 16.4 Å². The molecule has 1 fully saturated rings. The molecule has 3 rings (SSSR count). The van der Waals surface area contributed by atoms with E-state index in [-0.39, 0.29) is 17.4 Å². The summed E-state index contributed by atoms with van der Waals surface area (Å²) in [6, 6.07) is 5.44. The summed E-state index contributed by atoms with van der Waals surface area (Å²) in [5.74, 6) is -0.603. The summed E-state index contributed by atoms with van der Waals surface area (Å²) in [7, 11) is 0. The number of amides is 1. The molecule has 1 saturated carbocycles. The van der Waals surface area contributed by atoms with Gasteiger partial charge in [-0.3, -0.25) is 4.79 Å². The number of carbonyl (C=O) groups excluding carboxylic acids is 1. The SMILES string of the molecule is Nc1c(C(=O)NCCCNC2CC2)sc2cccc(F)c12. The Balaban J connectivity index is 1.61. The van der Waals surface area contributed by atoms with Crippen LogP contribution in [0.25, 0.3) is 10.1 Å². The molecule has 4 N–H and O–H groups in total. The minimum Gasteiger partial charge on any atom is -0.397 e. The van der Waals surface area contributed by atoms with Crippen molar-refractivity contribution in [1.29, 1.82) is 0 Å². The maximum atomic E-state index is 13.7. The number of benzene rings is 1. The largest absolute Gasteiger partial charge is 0.397 e. The molecule has 1 amide bonds. The van der Waals surface area contributed by atoms with Gasteiger partial charge in [-0.1, -0.05) is 6.07 Å². The third-order valence-corrected chi connectivity index (χ3v) is 4.73. The highest BCUT2D eigenvalue weighted by molar-refractivity contribution is 7.21. The van der Waals surface area contributed by atoms with Crippen molar-refractivity contribution in [2.45, 2.75) is 25.3 Å². The van der Waals surface area contributed by atoms with Crippen LogP contribution in [0.5, 0.6) is 0 Å². The first-order chi connectivity index (χ1) is 10.2. The van der Waals surface area contributed by atoms with E-state index < -0.39 is 0 Å². The minimum absolute atomic E-state index is 0.223. The average Bonchev–Trinajstić information content (AvgIpc) is 3.22. The molecule has 0 bridgehead atoms. The Morgan fingerprint density at radius 3 is 2.90 bits per heavy atom. The number of rotatable bonds is 6. The molecule has 0 unspecified atom stereocenters. The molecule has 0 atom stereocenters. The van der Waals surface area contributed by atoms with E-state index in [2.05, 4.69) is 10.6 Å². The number of carbonyl (C=O) groups is 1. The molecule has 21 heavy (non-hydrogen) atoms. The number of hydrogen-bond donors (Lipinski definition) is 3. The van der Waals surface area contributed by atoms with Crippen LogP contribution in [-0.2, 0) is 0 Å². The molecule has 1 heterocycles. The summed E-state index contributed by atoms with van der Waals surface area (Å²) in [6.45, 7) is 1.50. The van der Waals surface area contributed by atoms with Gasteiger partial charge in [0.05, 0.1) is 11.1 Å². The van der Waals surface area contributed by atoms with E-state index in [1.54, 1.807) is 12.1 Å². The van der Waals surface area contributed by atoms with Crippen LogP contribution in [0.15, 0.2) is 18.2 Å². The van der Waals surface area contributed by atoms with Crippen LogP contribution in [-0.4, -0.2) is 25.0 Å². The second-order valence-electron chi connectivity index (χ2n) is 5.30. The molecule has 1 aliphatic carbocycles. The standard InChI is InChI=1S/C15H18FN3OS/c16-10-3-1-4-11-12(10)13(17)14(21-11)15(20)19-8-2-7-18-9-5-6-9/h1,3-4,9,18H,2,5-8,17H2,(H,19,20). The van der Waals surface area contributed by atoms with Crippen LogP contribution in [0.1, 0.15) is 28.9 Å². The molecule has 1 aromatic heterocycles. The third-order valence-electron chi connectivity index (χ3n) is 3.56. The van der Waals surface area contributed by atoms with Crippen molar-refractivity contribution in [3.05, 3.63) is 28.9 Å². The minimum atomic E-state index is -0.381. The number of hydrogen-bond acceptors (Lipinski definition) is 4. The summed E-state index contributed by atoms with van der Waals surface area (Å²) in [6.07, 6.45) is 3.40. The summed E-state index contributed by atoms with van der Waals surface area (Å²) in [4.78, 5) is 12.5. The van der Waals surface area contributed by atoms with E-state index in [4.69, 9.17) is 5.73 Å². The number of nitrogen functional groups attached to an aromatic ring is 1. The van der Waals surface area contributed by atoms with Crippen molar-refractivity contribution in [2.24, 2.45) is 0 Å². The van der Waals surface area contributed by atoms with Crippen LogP contribution in [0.3, 0.4) is 0 Å². The van der Waals surface area contributed by atoms with Gasteiger partial charge in [0.25, 0.3) is 5.91 Å². The number of halogens is 1. The van der Waals surface area contributed by atoms with Crippen molar-refractivity contribution in [2.75, 3.05) is 18.8 Å². The van der Waals surface area contributed by atoms with Crippen molar-refractivity contribution in [1.82, 2.24) is 10.6 Å². The molecular weight excluding hydrogens is 289 g/mol. The lowest BCUT2D eigenvalue weighted by atomic mass is 10.2. The van der Waals surface area contributed by atoms with Crippen LogP contribution >= 0.6 is 11.3 Å². The summed E-state index contributed by atoms with van der Waals surface area (Å²) < 4.78 is 14.4. The Morgan fingerprint density at radius 2 is 2.19 bits per heavy atom. The summed E-state index contributed by atoms with van der Waals surface area (Å²) in [5.41, 5.74) is 6.15. The molecular formula is C15H18FN3OS. The fourth-order valence-corrected chi connectivity index (χ4v) is 3.32. The van der Waals surface area contributed by atoms with E-state index in [0.29, 0.717) is 27.5 Å². The van der Waals surface area contributed by atoms with Crippen molar-refractivity contribution in [3.63, 3.8) is 0 Å². The molecule has 1 aromatic carbocycles. The Labute approximate surface area is 126 Å². The predicted molar refractivity (Wildman–Crippen MR) is 84.2 cm³/mol. The van der Waals surface area contributed by atoms with Gasteiger partial charge in [0.15, 0.2) is 0 Å². The quantitative estimate of drug-likeness (QED) is 0.718. The van der Waals surface area contributed by atoms with Crippen LogP contribution in [0, 0.1) is 5.82 Å². The normalized spacial score (nSPS) is 14.5. The highest BCUT2D eigenvalue weighted by Gasteiger charge is 2.20. The zero-order chi connectivity index (χ0) is 14.8. The average molecular weight is 307 g/mol. The zero-order valence-electron chi connectivity index (χ0n) is 11.6. The molecule has 0 spiro atoms. The first-order valence-corrected chi connectivity index (χ1v) is 7.96. The van der Waals surface area contributed by atoms with Gasteiger partial charge in [-0.15, -0.1) is 11.3 Å². The van der Waals surface area contributed by atoms with E-state index in [9.17, 15) is 9.18 Å². The molecule has 0 aliphatic heterocycles. The number of fused-ring (bicyclic) bond motifs is 1. The number of nitrogens with one attached hydrogen (secondary N) is 2. The third kappa shape index (κ3) is 3.16. The molecule has 4 nitrogen and oxygen atoms in total.